The average molecular weight is 1330 g/mol. The lowest BCUT2D eigenvalue weighted by Gasteiger charge is -2.69. The molecule has 7 amide bonds. The van der Waals surface area contributed by atoms with Crippen LogP contribution in [0.5, 0.6) is 0 Å². The lowest BCUT2D eigenvalue weighted by molar-refractivity contribution is -0.248. The van der Waals surface area contributed by atoms with Crippen molar-refractivity contribution >= 4 is 91.7 Å². The minimum atomic E-state index is -1.17. The van der Waals surface area contributed by atoms with E-state index >= 15 is 0 Å². The molecule has 0 radical (unpaired) electrons. The third kappa shape index (κ3) is 15.5. The number of aromatic nitrogens is 4. The monoisotopic (exact) mass is 1330 g/mol. The van der Waals surface area contributed by atoms with E-state index in [0.717, 1.165) is 70.5 Å². The second-order valence-electron chi connectivity index (χ2n) is 27.8. The zero-order valence-corrected chi connectivity index (χ0v) is 55.9. The van der Waals surface area contributed by atoms with Gasteiger partial charge in [-0.2, -0.15) is 5.10 Å². The summed E-state index contributed by atoms with van der Waals surface area (Å²) in [4.78, 5) is 129. The SMILES string of the molecule is Cc1c(-c2ccc(N3CCc4cccc(C(=O)Nc5nc6ccccc6s5)c4C3)nc2C(=O)O)cnn1CC12CC3(C)CC(C)(C1)CC(OCCN(CCC(=O)O)C(=O)OCc1ccc(NC(=O)[C@H](C)NC(=O)C(NC(=O)CCCCCN4C(=O)C=CC4=O)C(C)C)cc1)(C3)C2. The fourth-order valence-electron chi connectivity index (χ4n) is 16.0. The van der Waals surface area contributed by atoms with Gasteiger partial charge in [-0.3, -0.25) is 48.5 Å². The first-order chi connectivity index (χ1) is 45.8. The first-order valence-electron chi connectivity index (χ1n) is 32.9. The van der Waals surface area contributed by atoms with E-state index in [2.05, 4.69) is 40.1 Å². The lowest BCUT2D eigenvalue weighted by atomic mass is 9.39. The number of rotatable bonds is 28. The summed E-state index contributed by atoms with van der Waals surface area (Å²) in [7, 11) is 0. The number of para-hydroxylation sites is 1. The number of imide groups is 1. The molecule has 2 aliphatic heterocycles. The number of carboxylic acids is 2. The van der Waals surface area contributed by atoms with E-state index in [9.17, 15) is 53.4 Å². The summed E-state index contributed by atoms with van der Waals surface area (Å²) in [6, 6.07) is 21.8. The standard InChI is InChI=1S/C71H83N11O13S/c1-43(2)60(77-56(83)17-8-7-11-28-81-57(84)24-25-58(81)85)64(90)73-44(3)62(88)74-48-20-18-46(19-21-48)35-94-67(93)79(30-27-59(86)87)31-32-95-71-39-68(5)36-69(6,40-71)38-70(37-68,41-71)42-82-45(4)51(33-72-82)49-22-23-55(76-61(49)65(91)92)80-29-26-47-13-12-14-50(52(47)34-80)63(89)78-66-75-53-15-9-10-16-54(53)96-66/h9-10,12-16,18-25,33,43-44,60H,7-8,11,17,26-32,34-42H2,1-6H3,(H,73,90)(H,74,88)(H,77,83)(H,86,87)(H,91,92)(H,75,78,89)/t44-,60?,68?,69?,70?,71?/m0/s1. The highest BCUT2D eigenvalue weighted by atomic mass is 32.1. The number of thiazole rings is 1. The summed E-state index contributed by atoms with van der Waals surface area (Å²) in [5.74, 6) is -4.40. The molecule has 4 bridgehead atoms. The smallest absolute Gasteiger partial charge is 0.410 e. The van der Waals surface area contributed by atoms with Crippen LogP contribution in [0.2, 0.25) is 0 Å². The Kier molecular flexibility index (Phi) is 19.9. The molecule has 6 N–H and O–H groups in total. The number of benzene rings is 3. The van der Waals surface area contributed by atoms with Gasteiger partial charge < -0.3 is 45.4 Å². The summed E-state index contributed by atoms with van der Waals surface area (Å²) in [5.41, 5.74) is 5.17. The number of carboxylic acid groups (broad SMARTS) is 2. The Morgan fingerprint density at radius 1 is 0.760 bits per heavy atom. The van der Waals surface area contributed by atoms with Gasteiger partial charge in [0.05, 0.1) is 35.0 Å². The predicted octanol–water partition coefficient (Wildman–Crippen LogP) is 9.70. The number of aliphatic carboxylic acids is 1. The Labute approximate surface area is 560 Å². The number of pyridine rings is 1. The number of ether oxygens (including phenoxy) is 2. The van der Waals surface area contributed by atoms with Gasteiger partial charge in [0.15, 0.2) is 10.8 Å². The lowest BCUT2D eigenvalue weighted by Crippen LogP contribution is -2.64. The Bertz CT molecular complexity index is 3980. The van der Waals surface area contributed by atoms with E-state index in [1.807, 2.05) is 59.0 Å². The van der Waals surface area contributed by atoms with Crippen molar-refractivity contribution in [1.29, 1.82) is 0 Å². The molecule has 3 unspecified atom stereocenters. The van der Waals surface area contributed by atoms with E-state index in [1.54, 1.807) is 56.4 Å². The highest BCUT2D eigenvalue weighted by molar-refractivity contribution is 7.22. The molecule has 12 rings (SSSR count). The molecule has 506 valence electrons. The Morgan fingerprint density at radius 2 is 1.50 bits per heavy atom. The Hall–Kier alpha value is -9.36. The van der Waals surface area contributed by atoms with E-state index < -0.39 is 47.5 Å². The maximum atomic E-state index is 13.8. The second kappa shape index (κ2) is 28.1. The maximum absolute atomic E-state index is 13.8. The third-order valence-corrected chi connectivity index (χ3v) is 20.3. The molecule has 3 aromatic heterocycles. The molecule has 96 heavy (non-hydrogen) atoms. The van der Waals surface area contributed by atoms with Gasteiger partial charge in [-0.25, -0.2) is 19.6 Å². The highest BCUT2D eigenvalue weighted by Crippen LogP contribution is 2.72. The molecule has 5 heterocycles. The molecule has 24 nitrogen and oxygen atoms in total. The van der Waals surface area contributed by atoms with Gasteiger partial charge in [-0.1, -0.05) is 81.9 Å². The van der Waals surface area contributed by atoms with Gasteiger partial charge in [0, 0.05) is 85.9 Å². The fraction of sp³-hybridized carbons (Fsp3) is 0.465. The number of fused-ring (bicyclic) bond motifs is 2. The zero-order valence-electron chi connectivity index (χ0n) is 55.0. The van der Waals surface area contributed by atoms with Gasteiger partial charge in [0.1, 0.15) is 24.5 Å². The van der Waals surface area contributed by atoms with Crippen molar-refractivity contribution in [2.45, 2.75) is 156 Å². The summed E-state index contributed by atoms with van der Waals surface area (Å²) in [6.45, 7) is 13.4. The molecule has 6 aromatic rings. The van der Waals surface area contributed by atoms with Crippen molar-refractivity contribution in [3.63, 3.8) is 0 Å². The largest absolute Gasteiger partial charge is 0.481 e. The van der Waals surface area contributed by atoms with E-state index in [4.69, 9.17) is 19.6 Å². The number of hydrogen-bond acceptors (Lipinski definition) is 16. The summed E-state index contributed by atoms with van der Waals surface area (Å²) in [6.07, 6.45) is 10.9. The Morgan fingerprint density at radius 3 is 2.21 bits per heavy atom. The molecule has 3 aromatic carbocycles. The molecule has 4 fully saturated rings. The van der Waals surface area contributed by atoms with Crippen molar-refractivity contribution in [3.8, 4) is 11.1 Å². The van der Waals surface area contributed by atoms with Crippen molar-refractivity contribution in [2.24, 2.45) is 22.2 Å². The van der Waals surface area contributed by atoms with Crippen molar-refractivity contribution < 1.29 is 62.8 Å². The van der Waals surface area contributed by atoms with Gasteiger partial charge in [0.25, 0.3) is 17.7 Å². The number of carbonyl (C=O) groups is 9. The van der Waals surface area contributed by atoms with Crippen LogP contribution in [0.25, 0.3) is 21.3 Å². The molecule has 0 saturated heterocycles. The number of nitrogens with one attached hydrogen (secondary N) is 4. The van der Waals surface area contributed by atoms with Crippen molar-refractivity contribution in [2.75, 3.05) is 48.3 Å². The van der Waals surface area contributed by atoms with Gasteiger partial charge in [-0.05, 0) is 153 Å². The summed E-state index contributed by atoms with van der Waals surface area (Å²) < 4.78 is 15.7. The molecule has 6 aliphatic rings. The molecule has 0 spiro atoms. The minimum Gasteiger partial charge on any atom is -0.481 e. The van der Waals surface area contributed by atoms with Crippen molar-refractivity contribution in [1.82, 2.24) is 40.2 Å². The number of unbranched alkanes of at least 4 members (excludes halogenated alkanes) is 2. The van der Waals surface area contributed by atoms with Crippen LogP contribution in [0.1, 0.15) is 148 Å². The first-order valence-corrected chi connectivity index (χ1v) is 33.7. The van der Waals surface area contributed by atoms with Crippen LogP contribution in [-0.2, 0) is 64.4 Å². The number of carbonyl (C=O) groups excluding carboxylic acids is 7. The maximum Gasteiger partial charge on any atom is 0.410 e. The third-order valence-electron chi connectivity index (χ3n) is 19.4. The van der Waals surface area contributed by atoms with Gasteiger partial charge in [0.2, 0.25) is 17.7 Å². The normalized spacial score (nSPS) is 21.4. The first kappa shape index (κ1) is 68.0. The van der Waals surface area contributed by atoms with Crippen LogP contribution >= 0.6 is 11.3 Å². The molecule has 4 aliphatic carbocycles. The topological polar surface area (TPSA) is 314 Å². The van der Waals surface area contributed by atoms with Gasteiger partial charge in [-0.15, -0.1) is 0 Å². The Balaban J connectivity index is 0.676. The molecule has 25 heteroatoms. The molecular formula is C71H83N11O13S. The minimum absolute atomic E-state index is 0.0589. The number of hydrogen-bond donors (Lipinski definition) is 6. The number of anilines is 3. The highest BCUT2D eigenvalue weighted by Gasteiger charge is 2.66. The number of aromatic carboxylic acids is 1. The quantitative estimate of drug-likeness (QED) is 0.0197. The van der Waals surface area contributed by atoms with Crippen molar-refractivity contribution in [3.05, 3.63) is 131 Å². The van der Waals surface area contributed by atoms with Crippen LogP contribution in [0.3, 0.4) is 0 Å². The van der Waals surface area contributed by atoms with E-state index in [1.165, 1.54) is 35.3 Å². The molecular weight excluding hydrogens is 1250 g/mol. The summed E-state index contributed by atoms with van der Waals surface area (Å²) in [5, 5.41) is 37.1. The van der Waals surface area contributed by atoms with Gasteiger partial charge >= 0.3 is 18.0 Å². The van der Waals surface area contributed by atoms with Crippen LogP contribution < -0.4 is 26.2 Å². The van der Waals surface area contributed by atoms with E-state index in [0.29, 0.717) is 84.2 Å². The average Bonchev–Trinajstić information content (AvgIpc) is 0.921. The molecule has 4 saturated carbocycles. The zero-order chi connectivity index (χ0) is 68.3. The van der Waals surface area contributed by atoms with Crippen LogP contribution in [0.15, 0.2) is 97.2 Å². The van der Waals surface area contributed by atoms with Crippen LogP contribution in [0, 0.1) is 29.1 Å². The van der Waals surface area contributed by atoms with Crippen LogP contribution in [-0.4, -0.2) is 144 Å². The molecule has 4 atom stereocenters. The second-order valence-corrected chi connectivity index (χ2v) is 28.8. The van der Waals surface area contributed by atoms with Crippen LogP contribution in [0.4, 0.5) is 21.4 Å². The number of nitrogens with zero attached hydrogens (tertiary/aromatic N) is 7. The summed E-state index contributed by atoms with van der Waals surface area (Å²) >= 11 is 1.41. The number of amides is 7. The van der Waals surface area contributed by atoms with E-state index in [-0.39, 0.29) is 97.2 Å². The fourth-order valence-corrected chi connectivity index (χ4v) is 16.9. The predicted molar refractivity (Wildman–Crippen MR) is 359 cm³/mol.